The van der Waals surface area contributed by atoms with Crippen molar-refractivity contribution in [3.8, 4) is 0 Å². The number of nitrogens with zero attached hydrogens (tertiary/aromatic N) is 2. The Morgan fingerprint density at radius 2 is 1.86 bits per heavy atom. The van der Waals surface area contributed by atoms with Gasteiger partial charge in [0.2, 0.25) is 5.91 Å². The Bertz CT molecular complexity index is 213. The van der Waals surface area contributed by atoms with Gasteiger partial charge in [0.05, 0.1) is 6.54 Å². The molecule has 1 heterocycles. The first-order valence-corrected chi connectivity index (χ1v) is 5.43. The SMILES string of the molecule is CC(C)C1CN(C(C)C)CC(=O)N1C. The molecule has 82 valence electrons. The Kier molecular flexibility index (Phi) is 3.53. The van der Waals surface area contributed by atoms with Crippen molar-refractivity contribution in [1.82, 2.24) is 9.80 Å². The molecule has 3 heteroatoms. The molecule has 1 amide bonds. The third-order valence-electron chi connectivity index (χ3n) is 3.15. The van der Waals surface area contributed by atoms with Crippen LogP contribution in [-0.4, -0.2) is 47.9 Å². The van der Waals surface area contributed by atoms with Crippen LogP contribution in [0.3, 0.4) is 0 Å². The fourth-order valence-corrected chi connectivity index (χ4v) is 1.95. The zero-order valence-corrected chi connectivity index (χ0v) is 9.95. The van der Waals surface area contributed by atoms with Crippen molar-refractivity contribution in [2.75, 3.05) is 20.1 Å². The summed E-state index contributed by atoms with van der Waals surface area (Å²) in [6, 6.07) is 0.840. The van der Waals surface area contributed by atoms with Crippen LogP contribution in [0.25, 0.3) is 0 Å². The van der Waals surface area contributed by atoms with Crippen LogP contribution in [-0.2, 0) is 4.79 Å². The van der Waals surface area contributed by atoms with Gasteiger partial charge in [-0.2, -0.15) is 0 Å². The maximum atomic E-state index is 11.7. The van der Waals surface area contributed by atoms with E-state index in [1.165, 1.54) is 0 Å². The van der Waals surface area contributed by atoms with Crippen LogP contribution in [0.4, 0.5) is 0 Å². The molecule has 1 unspecified atom stereocenters. The third-order valence-corrected chi connectivity index (χ3v) is 3.15. The quantitative estimate of drug-likeness (QED) is 0.665. The molecule has 0 saturated carbocycles. The van der Waals surface area contributed by atoms with Crippen molar-refractivity contribution in [2.45, 2.75) is 39.8 Å². The molecular weight excluding hydrogens is 176 g/mol. The minimum absolute atomic E-state index is 0.253. The second-order valence-corrected chi connectivity index (χ2v) is 4.84. The summed E-state index contributed by atoms with van der Waals surface area (Å²) in [5.74, 6) is 0.786. The van der Waals surface area contributed by atoms with E-state index < -0.39 is 0 Å². The van der Waals surface area contributed by atoms with Gasteiger partial charge < -0.3 is 4.90 Å². The van der Waals surface area contributed by atoms with Crippen LogP contribution in [0.1, 0.15) is 27.7 Å². The summed E-state index contributed by atoms with van der Waals surface area (Å²) in [5, 5.41) is 0. The van der Waals surface area contributed by atoms with E-state index in [0.29, 0.717) is 24.5 Å². The van der Waals surface area contributed by atoms with Gasteiger partial charge in [0.15, 0.2) is 0 Å². The molecule has 1 saturated heterocycles. The lowest BCUT2D eigenvalue weighted by molar-refractivity contribution is -0.140. The minimum atomic E-state index is 0.253. The van der Waals surface area contributed by atoms with E-state index in [1.807, 2.05) is 11.9 Å². The van der Waals surface area contributed by atoms with Gasteiger partial charge in [-0.05, 0) is 19.8 Å². The van der Waals surface area contributed by atoms with Crippen LogP contribution in [0.5, 0.6) is 0 Å². The molecule has 0 aromatic rings. The number of carbonyl (C=O) groups is 1. The first kappa shape index (κ1) is 11.5. The van der Waals surface area contributed by atoms with E-state index in [2.05, 4.69) is 32.6 Å². The molecule has 14 heavy (non-hydrogen) atoms. The second kappa shape index (κ2) is 4.30. The molecule has 0 radical (unpaired) electrons. The average molecular weight is 198 g/mol. The monoisotopic (exact) mass is 198 g/mol. The smallest absolute Gasteiger partial charge is 0.236 e. The number of piperazine rings is 1. The molecule has 0 aliphatic carbocycles. The van der Waals surface area contributed by atoms with Gasteiger partial charge >= 0.3 is 0 Å². The van der Waals surface area contributed by atoms with Gasteiger partial charge in [-0.25, -0.2) is 0 Å². The fourth-order valence-electron chi connectivity index (χ4n) is 1.95. The maximum absolute atomic E-state index is 11.7. The first-order chi connectivity index (χ1) is 6.43. The Labute approximate surface area is 87.1 Å². The zero-order chi connectivity index (χ0) is 10.9. The molecule has 1 fully saturated rings. The molecular formula is C11H22N2O. The largest absolute Gasteiger partial charge is 0.340 e. The van der Waals surface area contributed by atoms with Crippen molar-refractivity contribution in [3.05, 3.63) is 0 Å². The van der Waals surface area contributed by atoms with Crippen LogP contribution in [0.2, 0.25) is 0 Å². The lowest BCUT2D eigenvalue weighted by Gasteiger charge is -2.42. The summed E-state index contributed by atoms with van der Waals surface area (Å²) in [5.41, 5.74) is 0. The van der Waals surface area contributed by atoms with E-state index in [1.54, 1.807) is 0 Å². The van der Waals surface area contributed by atoms with Crippen molar-refractivity contribution in [1.29, 1.82) is 0 Å². The van der Waals surface area contributed by atoms with Gasteiger partial charge in [-0.15, -0.1) is 0 Å². The summed E-state index contributed by atoms with van der Waals surface area (Å²) in [6.07, 6.45) is 0. The van der Waals surface area contributed by atoms with E-state index in [-0.39, 0.29) is 5.91 Å². The third kappa shape index (κ3) is 2.27. The molecule has 0 N–H and O–H groups in total. The summed E-state index contributed by atoms with van der Waals surface area (Å²) >= 11 is 0. The van der Waals surface area contributed by atoms with Crippen molar-refractivity contribution >= 4 is 5.91 Å². The van der Waals surface area contributed by atoms with Crippen molar-refractivity contribution < 1.29 is 4.79 Å². The summed E-state index contributed by atoms with van der Waals surface area (Å²) in [7, 11) is 1.92. The van der Waals surface area contributed by atoms with Crippen LogP contribution >= 0.6 is 0 Å². The van der Waals surface area contributed by atoms with Crippen molar-refractivity contribution in [3.63, 3.8) is 0 Å². The predicted molar refractivity (Wildman–Crippen MR) is 58.1 cm³/mol. The van der Waals surface area contributed by atoms with Crippen LogP contribution in [0, 0.1) is 5.92 Å². The summed E-state index contributed by atoms with van der Waals surface area (Å²) < 4.78 is 0. The molecule has 0 spiro atoms. The Balaban J connectivity index is 2.71. The summed E-state index contributed by atoms with van der Waals surface area (Å²) in [4.78, 5) is 15.9. The molecule has 3 nitrogen and oxygen atoms in total. The normalized spacial score (nSPS) is 25.2. The average Bonchev–Trinajstić information content (AvgIpc) is 2.08. The number of amides is 1. The minimum Gasteiger partial charge on any atom is -0.340 e. The highest BCUT2D eigenvalue weighted by molar-refractivity contribution is 5.79. The highest BCUT2D eigenvalue weighted by Gasteiger charge is 2.32. The molecule has 1 aliphatic heterocycles. The van der Waals surface area contributed by atoms with E-state index in [4.69, 9.17) is 0 Å². The van der Waals surface area contributed by atoms with Gasteiger partial charge in [-0.1, -0.05) is 13.8 Å². The van der Waals surface area contributed by atoms with Crippen LogP contribution < -0.4 is 0 Å². The molecule has 0 aromatic carbocycles. The van der Waals surface area contributed by atoms with Gasteiger partial charge in [0, 0.05) is 25.7 Å². The summed E-state index contributed by atoms with van der Waals surface area (Å²) in [6.45, 7) is 10.2. The second-order valence-electron chi connectivity index (χ2n) is 4.84. The van der Waals surface area contributed by atoms with Crippen LogP contribution in [0.15, 0.2) is 0 Å². The number of hydrogen-bond donors (Lipinski definition) is 0. The molecule has 0 aromatic heterocycles. The van der Waals surface area contributed by atoms with E-state index in [0.717, 1.165) is 6.54 Å². The lowest BCUT2D eigenvalue weighted by Crippen LogP contribution is -2.58. The Morgan fingerprint density at radius 1 is 1.29 bits per heavy atom. The maximum Gasteiger partial charge on any atom is 0.236 e. The Morgan fingerprint density at radius 3 is 2.29 bits per heavy atom. The van der Waals surface area contributed by atoms with Crippen molar-refractivity contribution in [2.24, 2.45) is 5.92 Å². The molecule has 0 bridgehead atoms. The van der Waals surface area contributed by atoms with Gasteiger partial charge in [0.25, 0.3) is 0 Å². The lowest BCUT2D eigenvalue weighted by atomic mass is 9.99. The van der Waals surface area contributed by atoms with Gasteiger partial charge in [-0.3, -0.25) is 9.69 Å². The van der Waals surface area contributed by atoms with E-state index in [9.17, 15) is 4.79 Å². The highest BCUT2D eigenvalue weighted by Crippen LogP contribution is 2.17. The number of likely N-dealkylation sites (N-methyl/N-ethyl adjacent to an activating group) is 1. The molecule has 1 atom stereocenters. The number of carbonyl (C=O) groups excluding carboxylic acids is 1. The fraction of sp³-hybridized carbons (Fsp3) is 0.909. The molecule has 1 rings (SSSR count). The van der Waals surface area contributed by atoms with Gasteiger partial charge in [0.1, 0.15) is 0 Å². The molecule has 1 aliphatic rings. The first-order valence-electron chi connectivity index (χ1n) is 5.43. The van der Waals surface area contributed by atoms with E-state index >= 15 is 0 Å². The number of hydrogen-bond acceptors (Lipinski definition) is 2. The number of rotatable bonds is 2. The predicted octanol–water partition coefficient (Wildman–Crippen LogP) is 1.19. The topological polar surface area (TPSA) is 23.6 Å². The zero-order valence-electron chi connectivity index (χ0n) is 9.95. The Hall–Kier alpha value is -0.570. The standard InChI is InChI=1S/C11H22N2O/c1-8(2)10-6-13(9(3)4)7-11(14)12(10)5/h8-10H,6-7H2,1-5H3. The highest BCUT2D eigenvalue weighted by atomic mass is 16.2.